The lowest BCUT2D eigenvalue weighted by molar-refractivity contribution is -0.138. The Hall–Kier alpha value is -1.36. The van der Waals surface area contributed by atoms with E-state index in [9.17, 15) is 9.59 Å². The standard InChI is InChI=1S/C13H19NO3S/c1-3-10-4-5-18-11(10)8-14-12(15)6-9(2)7-13(16)17/h4-5,9H,3,6-8H2,1-2H3,(H,14,15)(H,16,17). The summed E-state index contributed by atoms with van der Waals surface area (Å²) in [6.45, 7) is 4.40. The zero-order chi connectivity index (χ0) is 13.5. The average molecular weight is 269 g/mol. The van der Waals surface area contributed by atoms with Crippen molar-refractivity contribution in [3.05, 3.63) is 21.9 Å². The molecule has 0 aromatic carbocycles. The SMILES string of the molecule is CCc1ccsc1CNC(=O)CC(C)CC(=O)O. The third kappa shape index (κ3) is 4.87. The van der Waals surface area contributed by atoms with E-state index in [1.165, 1.54) is 10.4 Å². The highest BCUT2D eigenvalue weighted by atomic mass is 32.1. The number of hydrogen-bond donors (Lipinski definition) is 2. The molecule has 4 nitrogen and oxygen atoms in total. The Morgan fingerprint density at radius 3 is 2.78 bits per heavy atom. The van der Waals surface area contributed by atoms with Crippen LogP contribution in [0.25, 0.3) is 0 Å². The minimum Gasteiger partial charge on any atom is -0.481 e. The van der Waals surface area contributed by atoms with Crippen LogP contribution in [0.4, 0.5) is 0 Å². The van der Waals surface area contributed by atoms with Crippen LogP contribution in [-0.4, -0.2) is 17.0 Å². The van der Waals surface area contributed by atoms with Gasteiger partial charge in [0.15, 0.2) is 0 Å². The Morgan fingerprint density at radius 1 is 1.44 bits per heavy atom. The van der Waals surface area contributed by atoms with Crippen molar-refractivity contribution >= 4 is 23.2 Å². The molecule has 18 heavy (non-hydrogen) atoms. The smallest absolute Gasteiger partial charge is 0.303 e. The van der Waals surface area contributed by atoms with Crippen LogP contribution in [0.1, 0.15) is 37.1 Å². The first-order chi connectivity index (χ1) is 8.52. The Morgan fingerprint density at radius 2 is 2.17 bits per heavy atom. The first-order valence-corrected chi connectivity index (χ1v) is 6.94. The van der Waals surface area contributed by atoms with Crippen molar-refractivity contribution < 1.29 is 14.7 Å². The number of carboxylic acid groups (broad SMARTS) is 1. The van der Waals surface area contributed by atoms with Crippen molar-refractivity contribution in [1.29, 1.82) is 0 Å². The molecular weight excluding hydrogens is 250 g/mol. The maximum atomic E-state index is 11.6. The van der Waals surface area contributed by atoms with Crippen molar-refractivity contribution in [3.8, 4) is 0 Å². The van der Waals surface area contributed by atoms with Crippen LogP contribution >= 0.6 is 11.3 Å². The molecule has 0 fully saturated rings. The second-order valence-electron chi connectivity index (χ2n) is 4.41. The number of carboxylic acids is 1. The molecule has 1 heterocycles. The molecule has 0 radical (unpaired) electrons. The van der Waals surface area contributed by atoms with Crippen molar-refractivity contribution in [2.45, 2.75) is 39.7 Å². The zero-order valence-corrected chi connectivity index (χ0v) is 11.5. The molecule has 0 saturated carbocycles. The number of hydrogen-bond acceptors (Lipinski definition) is 3. The van der Waals surface area contributed by atoms with Gasteiger partial charge in [0.05, 0.1) is 6.54 Å². The topological polar surface area (TPSA) is 66.4 Å². The molecule has 1 unspecified atom stereocenters. The fraction of sp³-hybridized carbons (Fsp3) is 0.538. The number of aryl methyl sites for hydroxylation is 1. The number of nitrogens with one attached hydrogen (secondary N) is 1. The molecular formula is C13H19NO3S. The van der Waals surface area contributed by atoms with E-state index in [1.54, 1.807) is 18.3 Å². The molecule has 1 aromatic heterocycles. The van der Waals surface area contributed by atoms with Gasteiger partial charge in [0.25, 0.3) is 0 Å². The summed E-state index contributed by atoms with van der Waals surface area (Å²) in [6, 6.07) is 2.07. The van der Waals surface area contributed by atoms with E-state index >= 15 is 0 Å². The van der Waals surface area contributed by atoms with Crippen LogP contribution in [0.5, 0.6) is 0 Å². The molecule has 0 saturated heterocycles. The average Bonchev–Trinajstić information content (AvgIpc) is 2.72. The lowest BCUT2D eigenvalue weighted by atomic mass is 10.0. The van der Waals surface area contributed by atoms with Crippen molar-refractivity contribution in [2.75, 3.05) is 0 Å². The molecule has 100 valence electrons. The second-order valence-corrected chi connectivity index (χ2v) is 5.41. The molecule has 0 aliphatic rings. The fourth-order valence-corrected chi connectivity index (χ4v) is 2.69. The lowest BCUT2D eigenvalue weighted by Gasteiger charge is -2.09. The quantitative estimate of drug-likeness (QED) is 0.799. The summed E-state index contributed by atoms with van der Waals surface area (Å²) in [6.07, 6.45) is 1.26. The largest absolute Gasteiger partial charge is 0.481 e. The second kappa shape index (κ2) is 7.16. The summed E-state index contributed by atoms with van der Waals surface area (Å²) in [5.41, 5.74) is 1.26. The molecule has 1 aromatic rings. The van der Waals surface area contributed by atoms with E-state index in [0.29, 0.717) is 6.54 Å². The van der Waals surface area contributed by atoms with Crippen LogP contribution in [0, 0.1) is 5.92 Å². The van der Waals surface area contributed by atoms with Crippen molar-refractivity contribution in [3.63, 3.8) is 0 Å². The van der Waals surface area contributed by atoms with Gasteiger partial charge in [-0.2, -0.15) is 0 Å². The predicted molar refractivity (Wildman–Crippen MR) is 71.6 cm³/mol. The molecule has 0 spiro atoms. The van der Waals surface area contributed by atoms with E-state index in [1.807, 2.05) is 5.38 Å². The Labute approximate surface area is 111 Å². The third-order valence-corrected chi connectivity index (χ3v) is 3.68. The van der Waals surface area contributed by atoms with E-state index in [0.717, 1.165) is 6.42 Å². The summed E-state index contributed by atoms with van der Waals surface area (Å²) >= 11 is 1.64. The molecule has 1 amide bonds. The van der Waals surface area contributed by atoms with Crippen LogP contribution in [0.15, 0.2) is 11.4 Å². The number of rotatable bonds is 7. The number of carbonyl (C=O) groups excluding carboxylic acids is 1. The normalized spacial score (nSPS) is 12.1. The predicted octanol–water partition coefficient (Wildman–Crippen LogP) is 2.43. The number of carbonyl (C=O) groups is 2. The van der Waals surface area contributed by atoms with E-state index < -0.39 is 5.97 Å². The fourth-order valence-electron chi connectivity index (χ4n) is 1.77. The lowest BCUT2D eigenvalue weighted by Crippen LogP contribution is -2.25. The number of thiophene rings is 1. The van der Waals surface area contributed by atoms with Crippen LogP contribution in [0.2, 0.25) is 0 Å². The van der Waals surface area contributed by atoms with Gasteiger partial charge in [0.1, 0.15) is 0 Å². The van der Waals surface area contributed by atoms with Gasteiger partial charge < -0.3 is 10.4 Å². The maximum Gasteiger partial charge on any atom is 0.303 e. The summed E-state index contributed by atoms with van der Waals surface area (Å²) in [5, 5.41) is 13.5. The van der Waals surface area contributed by atoms with Crippen molar-refractivity contribution in [1.82, 2.24) is 5.32 Å². The van der Waals surface area contributed by atoms with Gasteiger partial charge in [-0.25, -0.2) is 0 Å². The van der Waals surface area contributed by atoms with Crippen molar-refractivity contribution in [2.24, 2.45) is 5.92 Å². The van der Waals surface area contributed by atoms with E-state index in [4.69, 9.17) is 5.11 Å². The first-order valence-electron chi connectivity index (χ1n) is 6.06. The highest BCUT2D eigenvalue weighted by molar-refractivity contribution is 7.10. The monoisotopic (exact) mass is 269 g/mol. The van der Waals surface area contributed by atoms with E-state index in [-0.39, 0.29) is 24.7 Å². The Kier molecular flexibility index (Phi) is 5.85. The maximum absolute atomic E-state index is 11.6. The summed E-state index contributed by atoms with van der Waals surface area (Å²) in [5.74, 6) is -1.07. The molecule has 0 aliphatic carbocycles. The summed E-state index contributed by atoms with van der Waals surface area (Å²) in [7, 11) is 0. The van der Waals surface area contributed by atoms with Gasteiger partial charge in [-0.3, -0.25) is 9.59 Å². The molecule has 5 heteroatoms. The van der Waals surface area contributed by atoms with Gasteiger partial charge in [0.2, 0.25) is 5.91 Å². The van der Waals surface area contributed by atoms with E-state index in [2.05, 4.69) is 18.3 Å². The summed E-state index contributed by atoms with van der Waals surface area (Å²) in [4.78, 5) is 23.3. The molecule has 0 aliphatic heterocycles. The minimum atomic E-state index is -0.859. The molecule has 1 atom stereocenters. The third-order valence-electron chi connectivity index (χ3n) is 2.72. The van der Waals surface area contributed by atoms with Gasteiger partial charge >= 0.3 is 5.97 Å². The van der Waals surface area contributed by atoms with Crippen LogP contribution < -0.4 is 5.32 Å². The Balaban J connectivity index is 2.35. The Bertz CT molecular complexity index is 414. The van der Waals surface area contributed by atoms with Gasteiger partial charge in [0, 0.05) is 17.7 Å². The van der Waals surface area contributed by atoms with Crippen LogP contribution in [0.3, 0.4) is 0 Å². The van der Waals surface area contributed by atoms with Gasteiger partial charge in [-0.1, -0.05) is 13.8 Å². The van der Waals surface area contributed by atoms with Gasteiger partial charge in [-0.15, -0.1) is 11.3 Å². The number of aliphatic carboxylic acids is 1. The molecule has 1 rings (SSSR count). The van der Waals surface area contributed by atoms with Crippen LogP contribution in [-0.2, 0) is 22.6 Å². The summed E-state index contributed by atoms with van der Waals surface area (Å²) < 4.78 is 0. The molecule has 0 bridgehead atoms. The minimum absolute atomic E-state index is 0.0344. The zero-order valence-electron chi connectivity index (χ0n) is 10.7. The highest BCUT2D eigenvalue weighted by Crippen LogP contribution is 2.17. The first kappa shape index (κ1) is 14.7. The van der Waals surface area contributed by atoms with Gasteiger partial charge in [-0.05, 0) is 29.3 Å². The highest BCUT2D eigenvalue weighted by Gasteiger charge is 2.12. The molecule has 2 N–H and O–H groups in total. The number of amides is 1.